The Bertz CT molecular complexity index is 512. The fourth-order valence-electron chi connectivity index (χ4n) is 1.81. The van der Waals surface area contributed by atoms with Crippen LogP contribution in [0.25, 0.3) is 0 Å². The second-order valence-corrected chi connectivity index (χ2v) is 7.31. The molecule has 1 atom stereocenters. The van der Waals surface area contributed by atoms with Crippen LogP contribution in [-0.4, -0.2) is 6.04 Å². The van der Waals surface area contributed by atoms with Gasteiger partial charge in [-0.2, -0.15) is 0 Å². The molecule has 1 aromatic carbocycles. The number of thiophene rings is 1. The number of hydrogen-bond acceptors (Lipinski definition) is 2. The Morgan fingerprint density at radius 3 is 2.83 bits per heavy atom. The Kier molecular flexibility index (Phi) is 5.25. The number of halogens is 2. The normalized spacial score (nSPS) is 12.6. The summed E-state index contributed by atoms with van der Waals surface area (Å²) in [5.41, 5.74) is 1.27. The van der Waals surface area contributed by atoms with Crippen LogP contribution >= 0.6 is 38.9 Å². The lowest BCUT2D eigenvalue weighted by Crippen LogP contribution is -2.27. The number of rotatable bonds is 5. The van der Waals surface area contributed by atoms with Gasteiger partial charge >= 0.3 is 0 Å². The summed E-state index contributed by atoms with van der Waals surface area (Å²) in [7, 11) is 0. The second-order valence-electron chi connectivity index (χ2n) is 4.32. The predicted octanol–water partition coefficient (Wildman–Crippen LogP) is 4.88. The quantitative estimate of drug-likeness (QED) is 0.814. The lowest BCUT2D eigenvalue weighted by Gasteiger charge is -2.13. The first kappa shape index (κ1) is 14.1. The lowest BCUT2D eigenvalue weighted by molar-refractivity contribution is 0.549. The van der Waals surface area contributed by atoms with Crippen LogP contribution in [0.4, 0.5) is 0 Å². The maximum Gasteiger partial charge on any atom is 0.0701 e. The van der Waals surface area contributed by atoms with Crippen LogP contribution in [0.2, 0.25) is 5.02 Å². The van der Waals surface area contributed by atoms with Crippen molar-refractivity contribution in [1.82, 2.24) is 5.32 Å². The van der Waals surface area contributed by atoms with Crippen molar-refractivity contribution in [2.75, 3.05) is 0 Å². The van der Waals surface area contributed by atoms with E-state index in [1.165, 1.54) is 14.2 Å². The highest BCUT2D eigenvalue weighted by Gasteiger charge is 2.05. The van der Waals surface area contributed by atoms with E-state index in [0.29, 0.717) is 6.04 Å². The monoisotopic (exact) mass is 343 g/mol. The molecule has 0 saturated heterocycles. The van der Waals surface area contributed by atoms with Crippen molar-refractivity contribution in [1.29, 1.82) is 0 Å². The Morgan fingerprint density at radius 1 is 1.33 bits per heavy atom. The largest absolute Gasteiger partial charge is 0.309 e. The van der Waals surface area contributed by atoms with Crippen molar-refractivity contribution in [3.63, 3.8) is 0 Å². The number of hydrogen-bond donors (Lipinski definition) is 1. The van der Waals surface area contributed by atoms with Gasteiger partial charge in [-0.3, -0.25) is 0 Å². The molecule has 96 valence electrons. The van der Waals surface area contributed by atoms with E-state index >= 15 is 0 Å². The maximum atomic E-state index is 5.98. The minimum atomic E-state index is 0.435. The van der Waals surface area contributed by atoms with Gasteiger partial charge in [0, 0.05) is 22.5 Å². The highest BCUT2D eigenvalue weighted by atomic mass is 79.9. The molecule has 0 aliphatic heterocycles. The molecule has 0 radical (unpaired) electrons. The van der Waals surface area contributed by atoms with Crippen molar-refractivity contribution in [3.05, 3.63) is 55.6 Å². The molecule has 0 aliphatic carbocycles. The van der Waals surface area contributed by atoms with E-state index in [1.807, 2.05) is 18.2 Å². The molecule has 1 aromatic heterocycles. The summed E-state index contributed by atoms with van der Waals surface area (Å²) in [6, 6.07) is 12.7. The minimum Gasteiger partial charge on any atom is -0.309 e. The summed E-state index contributed by atoms with van der Waals surface area (Å²) >= 11 is 11.2. The van der Waals surface area contributed by atoms with Gasteiger partial charge in [0.15, 0.2) is 0 Å². The summed E-state index contributed by atoms with van der Waals surface area (Å²) in [6.45, 7) is 3.11. The van der Waals surface area contributed by atoms with E-state index < -0.39 is 0 Å². The molecular weight excluding hydrogens is 330 g/mol. The van der Waals surface area contributed by atoms with Gasteiger partial charge in [0.25, 0.3) is 0 Å². The second kappa shape index (κ2) is 6.71. The van der Waals surface area contributed by atoms with Gasteiger partial charge in [0.2, 0.25) is 0 Å². The summed E-state index contributed by atoms with van der Waals surface area (Å²) in [4.78, 5) is 1.35. The molecule has 1 unspecified atom stereocenters. The van der Waals surface area contributed by atoms with Gasteiger partial charge in [-0.15, -0.1) is 11.3 Å². The number of benzene rings is 1. The molecule has 18 heavy (non-hydrogen) atoms. The summed E-state index contributed by atoms with van der Waals surface area (Å²) in [6.07, 6.45) is 0.993. The van der Waals surface area contributed by atoms with Gasteiger partial charge in [-0.1, -0.05) is 23.7 Å². The van der Waals surface area contributed by atoms with E-state index in [4.69, 9.17) is 11.6 Å². The third kappa shape index (κ3) is 4.39. The fourth-order valence-corrected chi connectivity index (χ4v) is 3.46. The standard InChI is InChI=1S/C14H15BrClNS/c1-10(7-11-3-2-4-12(16)8-11)17-9-13-5-6-14(15)18-13/h2-6,8,10,17H,7,9H2,1H3. The average Bonchev–Trinajstić information content (AvgIpc) is 2.73. The highest BCUT2D eigenvalue weighted by molar-refractivity contribution is 9.11. The Balaban J connectivity index is 1.83. The lowest BCUT2D eigenvalue weighted by atomic mass is 10.1. The maximum absolute atomic E-state index is 5.98. The van der Waals surface area contributed by atoms with Crippen LogP contribution < -0.4 is 5.32 Å². The molecular formula is C14H15BrClNS. The Hall–Kier alpha value is -0.350. The van der Waals surface area contributed by atoms with Crippen molar-refractivity contribution in [2.24, 2.45) is 0 Å². The third-order valence-electron chi connectivity index (χ3n) is 2.68. The summed E-state index contributed by atoms with van der Waals surface area (Å²) in [5, 5.41) is 4.33. The molecule has 0 fully saturated rings. The van der Waals surface area contributed by atoms with Crippen LogP contribution in [0.1, 0.15) is 17.4 Å². The first-order valence-electron chi connectivity index (χ1n) is 5.85. The van der Waals surface area contributed by atoms with E-state index in [9.17, 15) is 0 Å². The van der Waals surface area contributed by atoms with Crippen molar-refractivity contribution in [2.45, 2.75) is 25.9 Å². The summed E-state index contributed by atoms with van der Waals surface area (Å²) < 4.78 is 1.18. The molecule has 1 heterocycles. The zero-order valence-corrected chi connectivity index (χ0v) is 13.3. The van der Waals surface area contributed by atoms with Crippen LogP contribution in [0.15, 0.2) is 40.2 Å². The van der Waals surface area contributed by atoms with Gasteiger partial charge in [0.1, 0.15) is 0 Å². The smallest absolute Gasteiger partial charge is 0.0701 e. The van der Waals surface area contributed by atoms with Crippen LogP contribution in [0.3, 0.4) is 0 Å². The molecule has 1 nitrogen and oxygen atoms in total. The van der Waals surface area contributed by atoms with E-state index in [2.05, 4.69) is 46.4 Å². The van der Waals surface area contributed by atoms with E-state index in [-0.39, 0.29) is 0 Å². The molecule has 0 amide bonds. The zero-order valence-electron chi connectivity index (χ0n) is 10.1. The van der Waals surface area contributed by atoms with Gasteiger partial charge in [0.05, 0.1) is 3.79 Å². The Labute approximate surface area is 125 Å². The number of nitrogens with one attached hydrogen (secondary N) is 1. The molecule has 2 rings (SSSR count). The van der Waals surface area contributed by atoms with Gasteiger partial charge in [-0.05, 0) is 59.1 Å². The fraction of sp³-hybridized carbons (Fsp3) is 0.286. The first-order valence-corrected chi connectivity index (χ1v) is 7.84. The van der Waals surface area contributed by atoms with Crippen molar-refractivity contribution < 1.29 is 0 Å². The highest BCUT2D eigenvalue weighted by Crippen LogP contribution is 2.22. The summed E-state index contributed by atoms with van der Waals surface area (Å²) in [5.74, 6) is 0. The van der Waals surface area contributed by atoms with Crippen molar-refractivity contribution in [3.8, 4) is 0 Å². The molecule has 4 heteroatoms. The molecule has 0 spiro atoms. The van der Waals surface area contributed by atoms with E-state index in [1.54, 1.807) is 11.3 Å². The van der Waals surface area contributed by atoms with E-state index in [0.717, 1.165) is 18.0 Å². The predicted molar refractivity (Wildman–Crippen MR) is 83.5 cm³/mol. The average molecular weight is 345 g/mol. The first-order chi connectivity index (χ1) is 8.63. The third-order valence-corrected chi connectivity index (χ3v) is 4.54. The van der Waals surface area contributed by atoms with Crippen LogP contribution in [0.5, 0.6) is 0 Å². The molecule has 0 aliphatic rings. The topological polar surface area (TPSA) is 12.0 Å². The minimum absolute atomic E-state index is 0.435. The van der Waals surface area contributed by atoms with Crippen LogP contribution in [-0.2, 0) is 13.0 Å². The molecule has 2 aromatic rings. The van der Waals surface area contributed by atoms with Gasteiger partial charge in [-0.25, -0.2) is 0 Å². The van der Waals surface area contributed by atoms with Crippen molar-refractivity contribution >= 4 is 38.9 Å². The van der Waals surface area contributed by atoms with Crippen LogP contribution in [0, 0.1) is 0 Å². The van der Waals surface area contributed by atoms with Gasteiger partial charge < -0.3 is 5.32 Å². The molecule has 1 N–H and O–H groups in total. The molecule has 0 bridgehead atoms. The SMILES string of the molecule is CC(Cc1cccc(Cl)c1)NCc1ccc(Br)s1. The Morgan fingerprint density at radius 2 is 2.17 bits per heavy atom. The zero-order chi connectivity index (χ0) is 13.0. The molecule has 0 saturated carbocycles.